The fraction of sp³-hybridized carbons (Fsp3) is 0.438. The van der Waals surface area contributed by atoms with E-state index in [2.05, 4.69) is 16.0 Å². The monoisotopic (exact) mass is 325 g/mol. The summed E-state index contributed by atoms with van der Waals surface area (Å²) >= 11 is 0. The van der Waals surface area contributed by atoms with Crippen molar-refractivity contribution in [2.75, 3.05) is 19.0 Å². The van der Waals surface area contributed by atoms with Gasteiger partial charge in [0, 0.05) is 25.5 Å². The van der Waals surface area contributed by atoms with Crippen LogP contribution in [0.4, 0.5) is 5.69 Å². The maximum absolute atomic E-state index is 12.0. The molecule has 0 spiro atoms. The highest BCUT2D eigenvalue weighted by Gasteiger charge is 2.17. The number of anilines is 1. The van der Waals surface area contributed by atoms with Crippen LogP contribution in [-0.4, -0.2) is 30.2 Å². The van der Waals surface area contributed by atoms with E-state index in [4.69, 9.17) is 10.5 Å². The first-order valence-electron chi connectivity index (χ1n) is 7.17. The number of benzene rings is 1. The molecule has 1 aromatic heterocycles. The molecular weight excluding hydrogens is 302 g/mol. The summed E-state index contributed by atoms with van der Waals surface area (Å²) in [5.74, 6) is -0.0429. The highest BCUT2D eigenvalue weighted by Crippen LogP contribution is 2.21. The Morgan fingerprint density at radius 1 is 1.36 bits per heavy atom. The lowest BCUT2D eigenvalue weighted by molar-refractivity contribution is -0.118. The number of fused-ring (bicyclic) bond motifs is 1. The summed E-state index contributed by atoms with van der Waals surface area (Å²) in [5, 5.41) is 4.02. The maximum Gasteiger partial charge on any atom is 0.241 e. The van der Waals surface area contributed by atoms with Crippen molar-refractivity contribution in [3.05, 3.63) is 30.5 Å². The Kier molecular flexibility index (Phi) is 6.87. The van der Waals surface area contributed by atoms with Crippen LogP contribution in [0.5, 0.6) is 0 Å². The minimum Gasteiger partial charge on any atom is -0.383 e. The molecule has 1 aromatic carbocycles. The number of aromatic nitrogens is 1. The van der Waals surface area contributed by atoms with E-state index in [-0.39, 0.29) is 24.2 Å². The van der Waals surface area contributed by atoms with Crippen molar-refractivity contribution in [1.82, 2.24) is 4.57 Å². The van der Waals surface area contributed by atoms with Crippen LogP contribution in [0.2, 0.25) is 0 Å². The van der Waals surface area contributed by atoms with Crippen molar-refractivity contribution >= 4 is 34.9 Å². The van der Waals surface area contributed by atoms with Crippen molar-refractivity contribution in [3.8, 4) is 0 Å². The normalized spacial score (nSPS) is 12.2. The minimum atomic E-state index is -0.499. The zero-order valence-corrected chi connectivity index (χ0v) is 14.0. The molecule has 1 amide bonds. The molecule has 2 aromatic rings. The number of carbonyl (C=O) groups excluding carboxylic acids is 1. The van der Waals surface area contributed by atoms with E-state index in [0.717, 1.165) is 23.1 Å². The van der Waals surface area contributed by atoms with Crippen LogP contribution in [0, 0.1) is 5.92 Å². The van der Waals surface area contributed by atoms with Gasteiger partial charge in [0.25, 0.3) is 0 Å². The molecule has 0 unspecified atom stereocenters. The molecule has 1 heterocycles. The summed E-state index contributed by atoms with van der Waals surface area (Å²) in [4.78, 5) is 12.0. The summed E-state index contributed by atoms with van der Waals surface area (Å²) in [6, 6.07) is 7.41. The standard InChI is InChI=1S/C16H23N3O2.ClH/c1-11(2)15(17)16(20)18-13-5-4-12-6-7-19(8-9-21-3)14(12)10-13;/h4-7,10-11,15H,8-9,17H2,1-3H3,(H,18,20);1H/t15-;/m0./s1. The quantitative estimate of drug-likeness (QED) is 0.857. The van der Waals surface area contributed by atoms with E-state index < -0.39 is 6.04 Å². The van der Waals surface area contributed by atoms with Crippen molar-refractivity contribution in [3.63, 3.8) is 0 Å². The van der Waals surface area contributed by atoms with Gasteiger partial charge in [0.15, 0.2) is 0 Å². The Labute approximate surface area is 137 Å². The maximum atomic E-state index is 12.0. The van der Waals surface area contributed by atoms with Crippen LogP contribution in [0.25, 0.3) is 10.9 Å². The third kappa shape index (κ3) is 4.22. The molecular formula is C16H24ClN3O2. The first-order chi connectivity index (χ1) is 10.0. The Bertz CT molecular complexity index is 625. The highest BCUT2D eigenvalue weighted by molar-refractivity contribution is 5.96. The molecule has 0 saturated heterocycles. The second-order valence-electron chi connectivity index (χ2n) is 5.53. The molecule has 0 fully saturated rings. The van der Waals surface area contributed by atoms with Crippen molar-refractivity contribution in [2.45, 2.75) is 26.4 Å². The summed E-state index contributed by atoms with van der Waals surface area (Å²) in [6.45, 7) is 5.30. The van der Waals surface area contributed by atoms with E-state index in [1.807, 2.05) is 38.2 Å². The average Bonchev–Trinajstić information content (AvgIpc) is 2.86. The SMILES string of the molecule is COCCn1ccc2ccc(NC(=O)[C@@H](N)C(C)C)cc21.Cl. The molecule has 2 rings (SSSR count). The molecule has 122 valence electrons. The molecule has 22 heavy (non-hydrogen) atoms. The van der Waals surface area contributed by atoms with E-state index in [1.165, 1.54) is 0 Å². The lowest BCUT2D eigenvalue weighted by Crippen LogP contribution is -2.39. The van der Waals surface area contributed by atoms with Gasteiger partial charge in [-0.25, -0.2) is 0 Å². The van der Waals surface area contributed by atoms with Gasteiger partial charge in [-0.3, -0.25) is 4.79 Å². The van der Waals surface area contributed by atoms with Crippen LogP contribution >= 0.6 is 12.4 Å². The number of halogens is 1. The minimum absolute atomic E-state index is 0. The van der Waals surface area contributed by atoms with E-state index in [0.29, 0.717) is 6.61 Å². The zero-order valence-electron chi connectivity index (χ0n) is 13.2. The van der Waals surface area contributed by atoms with Crippen LogP contribution < -0.4 is 11.1 Å². The van der Waals surface area contributed by atoms with Gasteiger partial charge in [-0.05, 0) is 29.5 Å². The molecule has 0 aliphatic carbocycles. The first kappa shape index (κ1) is 18.5. The molecule has 0 aliphatic heterocycles. The number of ether oxygens (including phenoxy) is 1. The fourth-order valence-electron chi connectivity index (χ4n) is 2.17. The van der Waals surface area contributed by atoms with Gasteiger partial charge in [-0.2, -0.15) is 0 Å². The van der Waals surface area contributed by atoms with Crippen LogP contribution in [0.15, 0.2) is 30.5 Å². The first-order valence-corrected chi connectivity index (χ1v) is 7.17. The van der Waals surface area contributed by atoms with Crippen LogP contribution in [-0.2, 0) is 16.1 Å². The molecule has 6 heteroatoms. The predicted octanol–water partition coefficient (Wildman–Crippen LogP) is 2.63. The summed E-state index contributed by atoms with van der Waals surface area (Å²) in [7, 11) is 1.69. The number of methoxy groups -OCH3 is 1. The summed E-state index contributed by atoms with van der Waals surface area (Å²) in [6.07, 6.45) is 2.02. The van der Waals surface area contributed by atoms with Crippen molar-refractivity contribution < 1.29 is 9.53 Å². The Balaban J connectivity index is 0.00000242. The average molecular weight is 326 g/mol. The molecule has 0 saturated carbocycles. The summed E-state index contributed by atoms with van der Waals surface area (Å²) in [5.41, 5.74) is 7.70. The van der Waals surface area contributed by atoms with E-state index >= 15 is 0 Å². The number of nitrogens with one attached hydrogen (secondary N) is 1. The van der Waals surface area contributed by atoms with Crippen LogP contribution in [0.3, 0.4) is 0 Å². The van der Waals surface area contributed by atoms with Crippen molar-refractivity contribution in [2.24, 2.45) is 11.7 Å². The van der Waals surface area contributed by atoms with Gasteiger partial charge in [0.05, 0.1) is 18.2 Å². The molecule has 0 aliphatic rings. The number of carbonyl (C=O) groups is 1. The smallest absolute Gasteiger partial charge is 0.241 e. The Morgan fingerprint density at radius 3 is 2.73 bits per heavy atom. The van der Waals surface area contributed by atoms with Crippen LogP contribution in [0.1, 0.15) is 13.8 Å². The number of rotatable bonds is 6. The summed E-state index contributed by atoms with van der Waals surface area (Å²) < 4.78 is 7.22. The van der Waals surface area contributed by atoms with E-state index in [9.17, 15) is 4.79 Å². The number of hydrogen-bond acceptors (Lipinski definition) is 3. The molecule has 0 radical (unpaired) electrons. The second kappa shape index (κ2) is 8.17. The predicted molar refractivity (Wildman–Crippen MR) is 92.5 cm³/mol. The molecule has 5 nitrogen and oxygen atoms in total. The molecule has 3 N–H and O–H groups in total. The Hall–Kier alpha value is -1.56. The van der Waals surface area contributed by atoms with Gasteiger partial charge in [0.2, 0.25) is 5.91 Å². The van der Waals surface area contributed by atoms with Gasteiger partial charge < -0.3 is 20.4 Å². The topological polar surface area (TPSA) is 69.3 Å². The number of nitrogens with two attached hydrogens (primary N) is 1. The second-order valence-corrected chi connectivity index (χ2v) is 5.53. The molecule has 0 bridgehead atoms. The van der Waals surface area contributed by atoms with Gasteiger partial charge >= 0.3 is 0 Å². The van der Waals surface area contributed by atoms with Crippen molar-refractivity contribution in [1.29, 1.82) is 0 Å². The third-order valence-corrected chi connectivity index (χ3v) is 3.60. The van der Waals surface area contributed by atoms with Gasteiger partial charge in [-0.1, -0.05) is 19.9 Å². The number of amides is 1. The number of nitrogens with zero attached hydrogens (tertiary/aromatic N) is 1. The fourth-order valence-corrected chi connectivity index (χ4v) is 2.17. The highest BCUT2D eigenvalue weighted by atomic mass is 35.5. The molecule has 1 atom stereocenters. The van der Waals surface area contributed by atoms with E-state index in [1.54, 1.807) is 7.11 Å². The van der Waals surface area contributed by atoms with Gasteiger partial charge in [-0.15, -0.1) is 12.4 Å². The zero-order chi connectivity index (χ0) is 15.4. The largest absolute Gasteiger partial charge is 0.383 e. The number of hydrogen-bond donors (Lipinski definition) is 2. The third-order valence-electron chi connectivity index (χ3n) is 3.60. The Morgan fingerprint density at radius 2 is 2.09 bits per heavy atom. The lowest BCUT2D eigenvalue weighted by atomic mass is 10.0. The van der Waals surface area contributed by atoms with Gasteiger partial charge in [0.1, 0.15) is 0 Å². The lowest BCUT2D eigenvalue weighted by Gasteiger charge is -2.15.